The zero-order chi connectivity index (χ0) is 16.6. The highest BCUT2D eigenvalue weighted by Crippen LogP contribution is 2.28. The SMILES string of the molecule is COc1ccc2c(S(=O)(=O)Nc3ncc(Cl)cc3F)c[nH]c2c1. The van der Waals surface area contributed by atoms with Crippen LogP contribution in [-0.2, 0) is 10.0 Å². The second kappa shape index (κ2) is 5.71. The molecule has 6 nitrogen and oxygen atoms in total. The van der Waals surface area contributed by atoms with Crippen molar-refractivity contribution in [2.45, 2.75) is 4.90 Å². The van der Waals surface area contributed by atoms with Gasteiger partial charge in [-0.15, -0.1) is 0 Å². The van der Waals surface area contributed by atoms with Gasteiger partial charge in [0.15, 0.2) is 11.6 Å². The van der Waals surface area contributed by atoms with Crippen molar-refractivity contribution in [2.75, 3.05) is 11.8 Å². The number of sulfonamides is 1. The summed E-state index contributed by atoms with van der Waals surface area (Å²) in [5.41, 5.74) is 0.578. The van der Waals surface area contributed by atoms with E-state index in [1.165, 1.54) is 13.3 Å². The maximum Gasteiger partial charge on any atom is 0.265 e. The number of methoxy groups -OCH3 is 1. The Kier molecular flexibility index (Phi) is 3.87. The van der Waals surface area contributed by atoms with Crippen LogP contribution < -0.4 is 9.46 Å². The molecular formula is C14H11ClFN3O3S. The minimum atomic E-state index is -4.02. The van der Waals surface area contributed by atoms with Gasteiger partial charge in [0.1, 0.15) is 10.6 Å². The lowest BCUT2D eigenvalue weighted by molar-refractivity contribution is 0.415. The Morgan fingerprint density at radius 2 is 2.13 bits per heavy atom. The number of anilines is 1. The van der Waals surface area contributed by atoms with Gasteiger partial charge in [0.05, 0.1) is 17.6 Å². The zero-order valence-corrected chi connectivity index (χ0v) is 13.4. The standard InChI is InChI=1S/C14H11ClFN3O3S/c1-22-9-2-3-10-12(5-9)17-7-13(10)23(20,21)19-14-11(16)4-8(15)6-18-14/h2-7,17H,1H3,(H,18,19). The van der Waals surface area contributed by atoms with E-state index in [2.05, 4.69) is 14.7 Å². The Morgan fingerprint density at radius 1 is 1.35 bits per heavy atom. The molecule has 9 heteroatoms. The minimum Gasteiger partial charge on any atom is -0.497 e. The van der Waals surface area contributed by atoms with Crippen LogP contribution in [0.2, 0.25) is 5.02 Å². The number of hydrogen-bond donors (Lipinski definition) is 2. The molecule has 0 unspecified atom stereocenters. The van der Waals surface area contributed by atoms with Gasteiger partial charge in [-0.2, -0.15) is 0 Å². The molecule has 0 atom stereocenters. The molecule has 0 aliphatic heterocycles. The van der Waals surface area contributed by atoms with Crippen LogP contribution in [0.4, 0.5) is 10.2 Å². The van der Waals surface area contributed by atoms with Crippen molar-refractivity contribution >= 4 is 38.3 Å². The topological polar surface area (TPSA) is 84.1 Å². The highest BCUT2D eigenvalue weighted by Gasteiger charge is 2.21. The van der Waals surface area contributed by atoms with Gasteiger partial charge < -0.3 is 9.72 Å². The summed E-state index contributed by atoms with van der Waals surface area (Å²) in [4.78, 5) is 6.48. The van der Waals surface area contributed by atoms with Crippen molar-refractivity contribution in [3.05, 3.63) is 47.5 Å². The summed E-state index contributed by atoms with van der Waals surface area (Å²) >= 11 is 5.60. The minimum absolute atomic E-state index is 0.0219. The number of pyridine rings is 1. The van der Waals surface area contributed by atoms with E-state index in [0.29, 0.717) is 16.7 Å². The fourth-order valence-electron chi connectivity index (χ4n) is 2.10. The first-order valence-electron chi connectivity index (χ1n) is 6.40. The number of H-pyrrole nitrogens is 1. The quantitative estimate of drug-likeness (QED) is 0.753. The van der Waals surface area contributed by atoms with Gasteiger partial charge in [0, 0.05) is 23.8 Å². The molecule has 0 radical (unpaired) electrons. The van der Waals surface area contributed by atoms with Crippen LogP contribution in [0.5, 0.6) is 5.75 Å². The van der Waals surface area contributed by atoms with Crippen molar-refractivity contribution in [3.8, 4) is 5.75 Å². The molecule has 0 aliphatic rings. The average Bonchev–Trinajstić information content (AvgIpc) is 2.93. The van der Waals surface area contributed by atoms with Crippen molar-refractivity contribution in [1.82, 2.24) is 9.97 Å². The van der Waals surface area contributed by atoms with E-state index in [1.807, 2.05) is 0 Å². The van der Waals surface area contributed by atoms with Crippen LogP contribution in [0.1, 0.15) is 0 Å². The first-order chi connectivity index (χ1) is 10.9. The fraction of sp³-hybridized carbons (Fsp3) is 0.0714. The summed E-state index contributed by atoms with van der Waals surface area (Å²) in [5, 5.41) is 0.525. The van der Waals surface area contributed by atoms with Crippen molar-refractivity contribution < 1.29 is 17.5 Å². The van der Waals surface area contributed by atoms with E-state index in [9.17, 15) is 12.8 Å². The smallest absolute Gasteiger partial charge is 0.265 e. The van der Waals surface area contributed by atoms with Gasteiger partial charge in [-0.3, -0.25) is 4.72 Å². The predicted octanol–water partition coefficient (Wildman–Crippen LogP) is 3.16. The van der Waals surface area contributed by atoms with Crippen molar-refractivity contribution in [3.63, 3.8) is 0 Å². The van der Waals surface area contributed by atoms with Crippen LogP contribution in [0.25, 0.3) is 10.9 Å². The second-order valence-electron chi connectivity index (χ2n) is 4.65. The molecule has 2 heterocycles. The molecule has 0 saturated carbocycles. The van der Waals surface area contributed by atoms with E-state index in [1.54, 1.807) is 18.2 Å². The summed E-state index contributed by atoms with van der Waals surface area (Å²) in [7, 11) is -2.51. The van der Waals surface area contributed by atoms with Crippen molar-refractivity contribution in [1.29, 1.82) is 0 Å². The van der Waals surface area contributed by atoms with E-state index in [4.69, 9.17) is 16.3 Å². The van der Waals surface area contributed by atoms with Crippen LogP contribution in [0.15, 0.2) is 41.6 Å². The van der Waals surface area contributed by atoms with Gasteiger partial charge >= 0.3 is 0 Å². The Balaban J connectivity index is 2.02. The lowest BCUT2D eigenvalue weighted by Gasteiger charge is -2.07. The molecular weight excluding hydrogens is 345 g/mol. The highest BCUT2D eigenvalue weighted by molar-refractivity contribution is 7.93. The lowest BCUT2D eigenvalue weighted by atomic mass is 10.2. The number of rotatable bonds is 4. The number of halogens is 2. The van der Waals surface area contributed by atoms with E-state index >= 15 is 0 Å². The normalized spacial score (nSPS) is 11.6. The number of aromatic amines is 1. The summed E-state index contributed by atoms with van der Waals surface area (Å²) in [6.45, 7) is 0. The van der Waals surface area contributed by atoms with Crippen LogP contribution in [-0.4, -0.2) is 25.5 Å². The maximum atomic E-state index is 13.7. The maximum absolute atomic E-state index is 13.7. The number of benzene rings is 1. The van der Waals surface area contributed by atoms with E-state index in [-0.39, 0.29) is 9.92 Å². The molecule has 0 spiro atoms. The second-order valence-corrected chi connectivity index (χ2v) is 6.74. The summed E-state index contributed by atoms with van der Waals surface area (Å²) in [6, 6.07) is 5.88. The molecule has 23 heavy (non-hydrogen) atoms. The third-order valence-electron chi connectivity index (χ3n) is 3.18. The molecule has 2 aromatic heterocycles. The number of ether oxygens (including phenoxy) is 1. The Labute approximate surface area is 136 Å². The molecule has 0 aliphatic carbocycles. The first-order valence-corrected chi connectivity index (χ1v) is 8.26. The third-order valence-corrected chi connectivity index (χ3v) is 4.76. The number of nitrogens with one attached hydrogen (secondary N) is 2. The monoisotopic (exact) mass is 355 g/mol. The molecule has 0 amide bonds. The van der Waals surface area contributed by atoms with E-state index in [0.717, 1.165) is 12.3 Å². The molecule has 0 saturated heterocycles. The molecule has 0 bridgehead atoms. The van der Waals surface area contributed by atoms with Gasteiger partial charge in [0.2, 0.25) is 0 Å². The van der Waals surface area contributed by atoms with Crippen molar-refractivity contribution in [2.24, 2.45) is 0 Å². The molecule has 3 rings (SSSR count). The van der Waals surface area contributed by atoms with Crippen LogP contribution >= 0.6 is 11.6 Å². The highest BCUT2D eigenvalue weighted by atomic mass is 35.5. The molecule has 120 valence electrons. The summed E-state index contributed by atoms with van der Waals surface area (Å²) in [6.07, 6.45) is 2.48. The van der Waals surface area contributed by atoms with Gasteiger partial charge in [-0.1, -0.05) is 11.6 Å². The number of nitrogens with zero attached hydrogens (tertiary/aromatic N) is 1. The summed E-state index contributed by atoms with van der Waals surface area (Å²) < 4.78 is 45.9. The fourth-order valence-corrected chi connectivity index (χ4v) is 3.44. The molecule has 1 aromatic carbocycles. The Bertz CT molecular complexity index is 988. The number of fused-ring (bicyclic) bond motifs is 1. The molecule has 2 N–H and O–H groups in total. The summed E-state index contributed by atoms with van der Waals surface area (Å²) in [5.74, 6) is -0.693. The predicted molar refractivity (Wildman–Crippen MR) is 84.9 cm³/mol. The number of aromatic nitrogens is 2. The van der Waals surface area contributed by atoms with Crippen LogP contribution in [0.3, 0.4) is 0 Å². The zero-order valence-electron chi connectivity index (χ0n) is 11.8. The first kappa shape index (κ1) is 15.6. The largest absolute Gasteiger partial charge is 0.497 e. The van der Waals surface area contributed by atoms with Crippen LogP contribution in [0, 0.1) is 5.82 Å². The Morgan fingerprint density at radius 3 is 2.83 bits per heavy atom. The average molecular weight is 356 g/mol. The van der Waals surface area contributed by atoms with E-state index < -0.39 is 21.7 Å². The third kappa shape index (κ3) is 2.95. The number of hydrogen-bond acceptors (Lipinski definition) is 4. The van der Waals surface area contributed by atoms with Gasteiger partial charge in [0.25, 0.3) is 10.0 Å². The molecule has 3 aromatic rings. The van der Waals surface area contributed by atoms with Gasteiger partial charge in [-0.05, 0) is 18.2 Å². The molecule has 0 fully saturated rings. The van der Waals surface area contributed by atoms with Gasteiger partial charge in [-0.25, -0.2) is 17.8 Å². The Hall–Kier alpha value is -2.32. The lowest BCUT2D eigenvalue weighted by Crippen LogP contribution is -2.14.